The molecule has 3 heterocycles. The van der Waals surface area contributed by atoms with Crippen LogP contribution in [-0.4, -0.2) is 92.9 Å². The van der Waals surface area contributed by atoms with Gasteiger partial charge in [-0.05, 0) is 12.8 Å². The van der Waals surface area contributed by atoms with E-state index in [1.54, 1.807) is 20.8 Å². The number of hydrogen-bond donors (Lipinski definition) is 5. The lowest BCUT2D eigenvalue weighted by Gasteiger charge is -2.33. The van der Waals surface area contributed by atoms with E-state index in [1.807, 2.05) is 0 Å². The fourth-order valence-corrected chi connectivity index (χ4v) is 3.14. The van der Waals surface area contributed by atoms with Gasteiger partial charge in [0.05, 0.1) is 19.0 Å². The number of aliphatic hydroxyl groups is 3. The van der Waals surface area contributed by atoms with Crippen molar-refractivity contribution in [2.24, 2.45) is 26.6 Å². The van der Waals surface area contributed by atoms with Crippen molar-refractivity contribution in [2.45, 2.75) is 56.9 Å². The molecule has 0 aliphatic carbocycles. The van der Waals surface area contributed by atoms with E-state index in [1.165, 1.54) is 11.2 Å². The molecule has 0 saturated carbocycles. The van der Waals surface area contributed by atoms with Gasteiger partial charge >= 0.3 is 6.03 Å². The summed E-state index contributed by atoms with van der Waals surface area (Å²) in [5, 5.41) is 32.0. The molecule has 3 amide bonds. The molecule has 0 aromatic heterocycles. The summed E-state index contributed by atoms with van der Waals surface area (Å²) in [6, 6.07) is -1.69. The molecule has 0 bridgehead atoms. The molecule has 0 aromatic rings. The number of aliphatic hydroxyl groups excluding tert-OH is 3. The minimum Gasteiger partial charge on any atom is -0.394 e. The SMILES string of the molecule is CC(C)[C@H](N)C(=O)NC1=NC(=O)N=C2N([C@@H]3O[C@H](CO)[C@@H](O)[C@H]3O)C=NC12C. The summed E-state index contributed by atoms with van der Waals surface area (Å²) in [7, 11) is 0. The average molecular weight is 396 g/mol. The Morgan fingerprint density at radius 1 is 1.39 bits per heavy atom. The molecule has 0 aromatic carbocycles. The third-order valence-electron chi connectivity index (χ3n) is 5.04. The van der Waals surface area contributed by atoms with E-state index in [9.17, 15) is 24.9 Å². The van der Waals surface area contributed by atoms with Gasteiger partial charge in [-0.15, -0.1) is 0 Å². The molecular formula is C16H24N6O6. The minimum atomic E-state index is -1.38. The molecule has 0 spiro atoms. The maximum absolute atomic E-state index is 12.3. The van der Waals surface area contributed by atoms with Gasteiger partial charge in [0.15, 0.2) is 17.6 Å². The molecule has 1 unspecified atom stereocenters. The normalized spacial score (nSPS) is 35.7. The lowest BCUT2D eigenvalue weighted by Crippen LogP contribution is -2.59. The number of amidine groups is 2. The number of carbonyl (C=O) groups excluding carboxylic acids is 2. The summed E-state index contributed by atoms with van der Waals surface area (Å²) in [5.41, 5.74) is 4.53. The van der Waals surface area contributed by atoms with Gasteiger partial charge in [0.25, 0.3) is 0 Å². The standard InChI is InChI=1S/C16H24N6O6/c1-6(2)8(17)11(26)19-13-16(3)14(21-15(27)20-13)22(5-18-16)12-10(25)9(24)7(4-23)28-12/h5-10,12,23-25H,4,17H2,1-3H3,(H,19,20,26,27)/t7-,8+,9-,10-,12-,16?/m1/s1. The number of fused-ring (bicyclic) bond motifs is 1. The number of hydrogen-bond acceptors (Lipinski definition) is 9. The maximum atomic E-state index is 12.3. The number of aliphatic imine (C=N–C) groups is 3. The Hall–Kier alpha value is -2.25. The molecule has 3 rings (SSSR count). The zero-order chi connectivity index (χ0) is 20.8. The number of nitrogens with one attached hydrogen (secondary N) is 1. The Balaban J connectivity index is 1.86. The van der Waals surface area contributed by atoms with Crippen LogP contribution in [-0.2, 0) is 9.53 Å². The third-order valence-corrected chi connectivity index (χ3v) is 5.04. The summed E-state index contributed by atoms with van der Waals surface area (Å²) >= 11 is 0. The van der Waals surface area contributed by atoms with E-state index in [4.69, 9.17) is 10.5 Å². The minimum absolute atomic E-state index is 0.0471. The maximum Gasteiger partial charge on any atom is 0.370 e. The first kappa shape index (κ1) is 20.5. The molecule has 1 fully saturated rings. The van der Waals surface area contributed by atoms with Gasteiger partial charge in [-0.25, -0.2) is 4.79 Å². The molecule has 1 saturated heterocycles. The average Bonchev–Trinajstić information content (AvgIpc) is 3.12. The largest absolute Gasteiger partial charge is 0.394 e. The van der Waals surface area contributed by atoms with Gasteiger partial charge in [0, 0.05) is 0 Å². The second-order valence-electron chi connectivity index (χ2n) is 7.39. The fraction of sp³-hybridized carbons (Fsp3) is 0.688. The molecule has 6 N–H and O–H groups in total. The summed E-state index contributed by atoms with van der Waals surface area (Å²) in [6.45, 7) is 4.64. The highest BCUT2D eigenvalue weighted by molar-refractivity contribution is 6.28. The molecule has 12 heteroatoms. The van der Waals surface area contributed by atoms with Crippen LogP contribution in [0.1, 0.15) is 20.8 Å². The first-order valence-corrected chi connectivity index (χ1v) is 8.85. The monoisotopic (exact) mass is 396 g/mol. The Bertz CT molecular complexity index is 767. The summed E-state index contributed by atoms with van der Waals surface area (Å²) in [5.74, 6) is -0.640. The molecule has 154 valence electrons. The molecule has 3 aliphatic rings. The van der Waals surface area contributed by atoms with Crippen molar-refractivity contribution in [1.29, 1.82) is 0 Å². The van der Waals surface area contributed by atoms with Crippen molar-refractivity contribution < 1.29 is 29.6 Å². The van der Waals surface area contributed by atoms with Gasteiger partial charge in [-0.3, -0.25) is 14.7 Å². The lowest BCUT2D eigenvalue weighted by atomic mass is 9.97. The quantitative estimate of drug-likeness (QED) is 0.347. The molecule has 12 nitrogen and oxygen atoms in total. The van der Waals surface area contributed by atoms with E-state index in [-0.39, 0.29) is 17.6 Å². The highest BCUT2D eigenvalue weighted by Gasteiger charge is 2.53. The van der Waals surface area contributed by atoms with Crippen molar-refractivity contribution in [1.82, 2.24) is 10.2 Å². The number of rotatable bonds is 4. The Morgan fingerprint density at radius 2 is 2.07 bits per heavy atom. The predicted octanol–water partition coefficient (Wildman–Crippen LogP) is -2.44. The van der Waals surface area contributed by atoms with Crippen LogP contribution in [0.2, 0.25) is 0 Å². The zero-order valence-electron chi connectivity index (χ0n) is 15.7. The predicted molar refractivity (Wildman–Crippen MR) is 97.7 cm³/mol. The smallest absolute Gasteiger partial charge is 0.370 e. The summed E-state index contributed by atoms with van der Waals surface area (Å²) in [6.07, 6.45) is -3.56. The van der Waals surface area contributed by atoms with Crippen LogP contribution in [0.25, 0.3) is 0 Å². The van der Waals surface area contributed by atoms with E-state index in [2.05, 4.69) is 20.3 Å². The van der Waals surface area contributed by atoms with Crippen LogP contribution in [0.4, 0.5) is 4.79 Å². The van der Waals surface area contributed by atoms with Crippen LogP contribution in [0, 0.1) is 5.92 Å². The van der Waals surface area contributed by atoms with Crippen molar-refractivity contribution >= 4 is 29.9 Å². The van der Waals surface area contributed by atoms with E-state index in [0.717, 1.165) is 0 Å². The highest BCUT2D eigenvalue weighted by atomic mass is 16.6. The first-order valence-electron chi connectivity index (χ1n) is 8.85. The van der Waals surface area contributed by atoms with Gasteiger partial charge in [-0.1, -0.05) is 13.8 Å². The van der Waals surface area contributed by atoms with Gasteiger partial charge < -0.3 is 31.1 Å². The summed E-state index contributed by atoms with van der Waals surface area (Å²) < 4.78 is 5.48. The van der Waals surface area contributed by atoms with Gasteiger partial charge in [0.1, 0.15) is 24.1 Å². The third kappa shape index (κ3) is 3.22. The molecule has 3 aliphatic heterocycles. The second kappa shape index (κ2) is 7.29. The van der Waals surface area contributed by atoms with Gasteiger partial charge in [-0.2, -0.15) is 9.98 Å². The number of ether oxygens (including phenoxy) is 1. The van der Waals surface area contributed by atoms with Crippen LogP contribution < -0.4 is 11.1 Å². The molecule has 0 radical (unpaired) electrons. The topological polar surface area (TPSA) is 182 Å². The fourth-order valence-electron chi connectivity index (χ4n) is 3.14. The Labute approximate surface area is 160 Å². The van der Waals surface area contributed by atoms with Crippen molar-refractivity contribution in [3.8, 4) is 0 Å². The van der Waals surface area contributed by atoms with Crippen molar-refractivity contribution in [3.05, 3.63) is 0 Å². The number of nitrogens with two attached hydrogens (primary N) is 1. The number of amides is 3. The van der Waals surface area contributed by atoms with E-state index < -0.39 is 54.7 Å². The van der Waals surface area contributed by atoms with Crippen LogP contribution in [0.3, 0.4) is 0 Å². The lowest BCUT2D eigenvalue weighted by molar-refractivity contribution is -0.121. The molecule has 28 heavy (non-hydrogen) atoms. The number of carbonyl (C=O) groups is 2. The number of nitrogens with zero attached hydrogens (tertiary/aromatic N) is 4. The highest BCUT2D eigenvalue weighted by Crippen LogP contribution is 2.32. The zero-order valence-corrected chi connectivity index (χ0v) is 15.7. The van der Waals surface area contributed by atoms with E-state index in [0.29, 0.717) is 0 Å². The van der Waals surface area contributed by atoms with Gasteiger partial charge in [0.2, 0.25) is 5.91 Å². The summed E-state index contributed by atoms with van der Waals surface area (Å²) in [4.78, 5) is 37.6. The van der Waals surface area contributed by atoms with Crippen molar-refractivity contribution in [3.63, 3.8) is 0 Å². The second-order valence-corrected chi connectivity index (χ2v) is 7.39. The molecule has 6 atom stereocenters. The molecular weight excluding hydrogens is 372 g/mol. The Kier molecular flexibility index (Phi) is 5.34. The van der Waals surface area contributed by atoms with Crippen LogP contribution in [0.5, 0.6) is 0 Å². The van der Waals surface area contributed by atoms with Crippen LogP contribution >= 0.6 is 0 Å². The number of urea groups is 1. The van der Waals surface area contributed by atoms with Crippen molar-refractivity contribution in [2.75, 3.05) is 6.61 Å². The van der Waals surface area contributed by atoms with Crippen LogP contribution in [0.15, 0.2) is 15.0 Å². The first-order chi connectivity index (χ1) is 13.1. The Morgan fingerprint density at radius 3 is 2.64 bits per heavy atom. The van der Waals surface area contributed by atoms with E-state index >= 15 is 0 Å².